The maximum Gasteiger partial charge on any atom is 0.418 e. The van der Waals surface area contributed by atoms with E-state index in [1.165, 1.54) is 55.0 Å². The zero-order valence-electron chi connectivity index (χ0n) is 17.0. The number of hydrogen-bond donors (Lipinski definition) is 0. The van der Waals surface area contributed by atoms with E-state index in [2.05, 4.69) is 4.99 Å². The summed E-state index contributed by atoms with van der Waals surface area (Å²) in [5.74, 6) is -0.280. The number of benzene rings is 3. The molecule has 0 atom stereocenters. The van der Waals surface area contributed by atoms with Gasteiger partial charge in [0.2, 0.25) is 0 Å². The number of ether oxygens (including phenoxy) is 2. The summed E-state index contributed by atoms with van der Waals surface area (Å²) >= 11 is 7.56. The van der Waals surface area contributed by atoms with Gasteiger partial charge < -0.3 is 9.47 Å². The van der Waals surface area contributed by atoms with Crippen LogP contribution in [0.2, 0.25) is 5.02 Å². The van der Waals surface area contributed by atoms with Crippen LogP contribution in [0.5, 0.6) is 11.5 Å². The number of para-hydroxylation sites is 1. The Labute approximate surface area is 195 Å². The molecule has 0 saturated heterocycles. The number of thiophene rings is 1. The lowest BCUT2D eigenvalue weighted by atomic mass is 10.1. The first-order valence-corrected chi connectivity index (χ1v) is 10.7. The molecule has 9 heteroatoms. The molecule has 0 saturated carbocycles. The van der Waals surface area contributed by atoms with Crippen LogP contribution in [-0.4, -0.2) is 19.3 Å². The predicted octanol–water partition coefficient (Wildman–Crippen LogP) is 7.55. The van der Waals surface area contributed by atoms with Gasteiger partial charge in [-0.25, -0.2) is 4.79 Å². The minimum atomic E-state index is -4.52. The molecule has 4 aromatic rings. The van der Waals surface area contributed by atoms with E-state index in [4.69, 9.17) is 21.1 Å². The average Bonchev–Trinajstić information content (AvgIpc) is 3.14. The van der Waals surface area contributed by atoms with Crippen LogP contribution in [0, 0.1) is 0 Å². The normalized spacial score (nSPS) is 11.8. The number of fused-ring (bicyclic) bond motifs is 1. The van der Waals surface area contributed by atoms with Crippen LogP contribution in [-0.2, 0) is 6.18 Å². The van der Waals surface area contributed by atoms with Crippen molar-refractivity contribution in [1.82, 2.24) is 0 Å². The van der Waals surface area contributed by atoms with E-state index in [0.29, 0.717) is 10.6 Å². The van der Waals surface area contributed by atoms with Gasteiger partial charge in [-0.2, -0.15) is 13.2 Å². The quantitative estimate of drug-likeness (QED) is 0.165. The molecule has 0 aliphatic heterocycles. The summed E-state index contributed by atoms with van der Waals surface area (Å²) in [6.45, 7) is 0. The largest absolute Gasteiger partial charge is 0.493 e. The highest BCUT2D eigenvalue weighted by molar-refractivity contribution is 7.21. The second-order valence-electron chi connectivity index (χ2n) is 6.81. The average molecular weight is 490 g/mol. The summed E-state index contributed by atoms with van der Waals surface area (Å²) in [6.07, 6.45) is -3.24. The zero-order chi connectivity index (χ0) is 23.6. The lowest BCUT2D eigenvalue weighted by Gasteiger charge is -2.10. The molecule has 0 bridgehead atoms. The summed E-state index contributed by atoms with van der Waals surface area (Å²) in [6, 6.07) is 16.9. The van der Waals surface area contributed by atoms with Crippen molar-refractivity contribution >= 4 is 50.9 Å². The smallest absolute Gasteiger partial charge is 0.418 e. The Balaban J connectivity index is 1.58. The molecule has 3 aromatic carbocycles. The molecular formula is C24H15ClF3NO3S. The van der Waals surface area contributed by atoms with Crippen LogP contribution in [0.15, 0.2) is 71.7 Å². The van der Waals surface area contributed by atoms with Crippen molar-refractivity contribution in [2.75, 3.05) is 7.11 Å². The number of halogens is 4. The first-order chi connectivity index (χ1) is 15.8. The Hall–Kier alpha value is -3.36. The Bertz CT molecular complexity index is 1360. The summed E-state index contributed by atoms with van der Waals surface area (Å²) in [4.78, 5) is 16.9. The number of alkyl halides is 3. The summed E-state index contributed by atoms with van der Waals surface area (Å²) in [7, 11) is 1.39. The Morgan fingerprint density at radius 3 is 2.48 bits per heavy atom. The Morgan fingerprint density at radius 1 is 1.03 bits per heavy atom. The standard InChI is InChI=1S/C24H15ClF3NO3S/c1-31-19-12-14(13-29-17-8-4-3-7-16(17)24(26,27)28)10-11-18(19)32-23(30)22-21(25)15-6-2-5-9-20(15)33-22/h2-13H,1H3. The van der Waals surface area contributed by atoms with Crippen molar-refractivity contribution in [3.8, 4) is 11.5 Å². The third-order valence-corrected chi connectivity index (χ3v) is 6.33. The van der Waals surface area contributed by atoms with Crippen molar-refractivity contribution in [3.63, 3.8) is 0 Å². The molecule has 4 nitrogen and oxygen atoms in total. The van der Waals surface area contributed by atoms with Crippen LogP contribution in [0.3, 0.4) is 0 Å². The molecule has 0 N–H and O–H groups in total. The van der Waals surface area contributed by atoms with Crippen LogP contribution in [0.1, 0.15) is 20.8 Å². The molecule has 0 amide bonds. The van der Waals surface area contributed by atoms with Gasteiger partial charge >= 0.3 is 12.1 Å². The topological polar surface area (TPSA) is 47.9 Å². The molecule has 0 aliphatic rings. The third-order valence-electron chi connectivity index (χ3n) is 4.67. The molecular weight excluding hydrogens is 475 g/mol. The number of carbonyl (C=O) groups excluding carboxylic acids is 1. The summed E-state index contributed by atoms with van der Waals surface area (Å²) < 4.78 is 51.1. The highest BCUT2D eigenvalue weighted by Crippen LogP contribution is 2.38. The van der Waals surface area contributed by atoms with Gasteiger partial charge in [0.1, 0.15) is 4.88 Å². The Kier molecular flexibility index (Phi) is 6.40. The minimum absolute atomic E-state index is 0.142. The number of aliphatic imine (C=N–C) groups is 1. The van der Waals surface area contributed by atoms with Gasteiger partial charge in [-0.15, -0.1) is 11.3 Å². The van der Waals surface area contributed by atoms with Crippen LogP contribution in [0.25, 0.3) is 10.1 Å². The van der Waals surface area contributed by atoms with E-state index in [0.717, 1.165) is 16.2 Å². The van der Waals surface area contributed by atoms with Crippen LogP contribution in [0.4, 0.5) is 18.9 Å². The molecule has 0 unspecified atom stereocenters. The molecule has 0 radical (unpaired) electrons. The molecule has 0 spiro atoms. The molecule has 0 fully saturated rings. The number of hydrogen-bond acceptors (Lipinski definition) is 5. The van der Waals surface area contributed by atoms with Gasteiger partial charge in [0.25, 0.3) is 0 Å². The first kappa shape index (κ1) is 22.8. The van der Waals surface area contributed by atoms with Gasteiger partial charge in [0, 0.05) is 16.3 Å². The third kappa shape index (κ3) is 4.86. The molecule has 1 heterocycles. The van der Waals surface area contributed by atoms with Gasteiger partial charge in [0.05, 0.1) is 23.4 Å². The number of esters is 1. The summed E-state index contributed by atoms with van der Waals surface area (Å²) in [5, 5.41) is 1.07. The van der Waals surface area contributed by atoms with Gasteiger partial charge in [-0.3, -0.25) is 4.99 Å². The van der Waals surface area contributed by atoms with Gasteiger partial charge in [0.15, 0.2) is 11.5 Å². The van der Waals surface area contributed by atoms with Crippen molar-refractivity contribution < 1.29 is 27.4 Å². The Morgan fingerprint density at radius 2 is 1.76 bits per heavy atom. The number of nitrogens with zero attached hydrogens (tertiary/aromatic N) is 1. The maximum atomic E-state index is 13.2. The molecule has 168 valence electrons. The van der Waals surface area contributed by atoms with E-state index < -0.39 is 17.7 Å². The fourth-order valence-corrected chi connectivity index (χ4v) is 4.50. The minimum Gasteiger partial charge on any atom is -0.493 e. The molecule has 4 rings (SSSR count). The highest BCUT2D eigenvalue weighted by Gasteiger charge is 2.33. The van der Waals surface area contributed by atoms with Crippen molar-refractivity contribution in [1.29, 1.82) is 0 Å². The molecule has 33 heavy (non-hydrogen) atoms. The maximum absolute atomic E-state index is 13.2. The molecule has 0 aliphatic carbocycles. The number of rotatable bonds is 5. The van der Waals surface area contributed by atoms with Crippen molar-refractivity contribution in [2.24, 2.45) is 4.99 Å². The van der Waals surface area contributed by atoms with E-state index >= 15 is 0 Å². The van der Waals surface area contributed by atoms with E-state index in [1.54, 1.807) is 6.07 Å². The van der Waals surface area contributed by atoms with Gasteiger partial charge in [-0.1, -0.05) is 41.9 Å². The van der Waals surface area contributed by atoms with Crippen LogP contribution >= 0.6 is 22.9 Å². The fourth-order valence-electron chi connectivity index (χ4n) is 3.11. The number of carbonyl (C=O) groups is 1. The van der Waals surface area contributed by atoms with Crippen LogP contribution < -0.4 is 9.47 Å². The zero-order valence-corrected chi connectivity index (χ0v) is 18.6. The van der Waals surface area contributed by atoms with E-state index in [1.807, 2.05) is 24.3 Å². The summed E-state index contributed by atoms with van der Waals surface area (Å²) in [5.41, 5.74) is -0.582. The van der Waals surface area contributed by atoms with Crippen molar-refractivity contribution in [2.45, 2.75) is 6.18 Å². The second kappa shape index (κ2) is 9.25. The van der Waals surface area contributed by atoms with E-state index in [-0.39, 0.29) is 22.1 Å². The second-order valence-corrected chi connectivity index (χ2v) is 8.24. The first-order valence-electron chi connectivity index (χ1n) is 9.55. The number of methoxy groups -OCH3 is 1. The van der Waals surface area contributed by atoms with E-state index in [9.17, 15) is 18.0 Å². The lowest BCUT2D eigenvalue weighted by Crippen LogP contribution is -2.08. The van der Waals surface area contributed by atoms with Gasteiger partial charge in [-0.05, 0) is 42.0 Å². The van der Waals surface area contributed by atoms with Crippen molar-refractivity contribution in [3.05, 3.63) is 87.8 Å². The SMILES string of the molecule is COc1cc(C=Nc2ccccc2C(F)(F)F)ccc1OC(=O)c1sc2ccccc2c1Cl. The lowest BCUT2D eigenvalue weighted by molar-refractivity contribution is -0.137. The fraction of sp³-hybridized carbons (Fsp3) is 0.0833. The monoisotopic (exact) mass is 489 g/mol. The highest BCUT2D eigenvalue weighted by atomic mass is 35.5. The molecule has 1 aromatic heterocycles. The predicted molar refractivity (Wildman–Crippen MR) is 123 cm³/mol.